The Morgan fingerprint density at radius 1 is 1.24 bits per heavy atom. The van der Waals surface area contributed by atoms with Crippen molar-refractivity contribution in [2.45, 2.75) is 31.8 Å². The molecule has 0 aliphatic rings. The highest BCUT2D eigenvalue weighted by Crippen LogP contribution is 2.30. The van der Waals surface area contributed by atoms with Crippen LogP contribution in [0.2, 0.25) is 0 Å². The third-order valence-corrected chi connectivity index (χ3v) is 3.83. The first-order valence-electron chi connectivity index (χ1n) is 5.48. The van der Waals surface area contributed by atoms with E-state index in [0.29, 0.717) is 11.7 Å². The summed E-state index contributed by atoms with van der Waals surface area (Å²) in [5.74, 6) is 0.755. The Morgan fingerprint density at radius 3 is 2.29 bits per heavy atom. The minimum atomic E-state index is -3.32. The van der Waals surface area contributed by atoms with Crippen LogP contribution in [0.4, 0.5) is 5.69 Å². The van der Waals surface area contributed by atoms with Gasteiger partial charge in [-0.05, 0) is 25.0 Å². The number of hydrogen-bond donors (Lipinski definition) is 1. The first-order valence-corrected chi connectivity index (χ1v) is 7.38. The molecule has 2 N–H and O–H groups in total. The number of sulfone groups is 1. The zero-order chi connectivity index (χ0) is 13.2. The van der Waals surface area contributed by atoms with Crippen LogP contribution < -0.4 is 10.5 Å². The smallest absolute Gasteiger partial charge is 0.177 e. The number of benzene rings is 1. The Balaban J connectivity index is 3.12. The van der Waals surface area contributed by atoms with E-state index >= 15 is 0 Å². The normalized spacial score (nSPS) is 13.7. The summed E-state index contributed by atoms with van der Waals surface area (Å²) in [6.07, 6.45) is 1.11. The van der Waals surface area contributed by atoms with Gasteiger partial charge in [-0.25, -0.2) is 8.42 Å². The molecule has 1 unspecified atom stereocenters. The highest BCUT2D eigenvalue weighted by Gasteiger charge is 2.17. The van der Waals surface area contributed by atoms with Crippen molar-refractivity contribution in [2.75, 3.05) is 12.0 Å². The van der Waals surface area contributed by atoms with Crippen molar-refractivity contribution in [1.82, 2.24) is 0 Å². The summed E-state index contributed by atoms with van der Waals surface area (Å²) in [6.45, 7) is 5.99. The van der Waals surface area contributed by atoms with Crippen LogP contribution in [0.15, 0.2) is 23.1 Å². The fourth-order valence-electron chi connectivity index (χ4n) is 1.29. The molecule has 0 bridgehead atoms. The van der Waals surface area contributed by atoms with Crippen molar-refractivity contribution in [3.8, 4) is 5.75 Å². The molecule has 0 saturated carbocycles. The second kappa shape index (κ2) is 4.96. The van der Waals surface area contributed by atoms with Crippen molar-refractivity contribution in [3.05, 3.63) is 18.2 Å². The maximum absolute atomic E-state index is 11.5. The van der Waals surface area contributed by atoms with Gasteiger partial charge in [0.25, 0.3) is 0 Å². The van der Waals surface area contributed by atoms with Gasteiger partial charge in [-0.15, -0.1) is 0 Å². The lowest BCUT2D eigenvalue weighted by Gasteiger charge is -2.20. The Kier molecular flexibility index (Phi) is 4.03. The van der Waals surface area contributed by atoms with Crippen LogP contribution in [0, 0.1) is 5.92 Å². The Labute approximate surface area is 103 Å². The van der Waals surface area contributed by atoms with Crippen molar-refractivity contribution < 1.29 is 13.2 Å². The molecule has 17 heavy (non-hydrogen) atoms. The van der Waals surface area contributed by atoms with Gasteiger partial charge in [0.05, 0.1) is 16.7 Å². The molecule has 1 aromatic carbocycles. The van der Waals surface area contributed by atoms with E-state index in [1.807, 2.05) is 20.8 Å². The molecule has 0 aliphatic carbocycles. The quantitative estimate of drug-likeness (QED) is 0.839. The van der Waals surface area contributed by atoms with Gasteiger partial charge in [0, 0.05) is 6.26 Å². The van der Waals surface area contributed by atoms with E-state index in [1.54, 1.807) is 12.1 Å². The van der Waals surface area contributed by atoms with Crippen LogP contribution >= 0.6 is 0 Å². The first-order chi connectivity index (χ1) is 7.73. The molecule has 0 spiro atoms. The maximum Gasteiger partial charge on any atom is 0.177 e. The lowest BCUT2D eigenvalue weighted by molar-refractivity contribution is 0.171. The van der Waals surface area contributed by atoms with Gasteiger partial charge in [-0.2, -0.15) is 0 Å². The average Bonchev–Trinajstić information content (AvgIpc) is 2.19. The molecule has 0 fully saturated rings. The number of nitrogen functional groups attached to an aromatic ring is 1. The van der Waals surface area contributed by atoms with Gasteiger partial charge in [-0.1, -0.05) is 19.9 Å². The van der Waals surface area contributed by atoms with Crippen LogP contribution in [0.5, 0.6) is 5.75 Å². The topological polar surface area (TPSA) is 69.4 Å². The van der Waals surface area contributed by atoms with Crippen molar-refractivity contribution in [1.29, 1.82) is 0 Å². The zero-order valence-corrected chi connectivity index (χ0v) is 11.4. The molecule has 1 rings (SSSR count). The predicted octanol–water partition coefficient (Wildman–Crippen LogP) is 2.10. The molecule has 0 aliphatic heterocycles. The molecule has 0 amide bonds. The van der Waals surface area contributed by atoms with Crippen LogP contribution in [0.3, 0.4) is 0 Å². The molecule has 0 heterocycles. The van der Waals surface area contributed by atoms with Crippen molar-refractivity contribution in [2.24, 2.45) is 5.92 Å². The SMILES string of the molecule is CC(C)C(C)Oc1cccc(S(C)(=O)=O)c1N. The average molecular weight is 257 g/mol. The van der Waals surface area contributed by atoms with E-state index in [-0.39, 0.29) is 16.7 Å². The number of ether oxygens (including phenoxy) is 1. The number of nitrogens with two attached hydrogens (primary N) is 1. The minimum absolute atomic E-state index is 0.0212. The second-order valence-corrected chi connectivity index (χ2v) is 6.49. The summed E-state index contributed by atoms with van der Waals surface area (Å²) in [4.78, 5) is 0.117. The van der Waals surface area contributed by atoms with Crippen LogP contribution in [-0.2, 0) is 9.84 Å². The molecule has 1 atom stereocenters. The van der Waals surface area contributed by atoms with Crippen LogP contribution in [0.25, 0.3) is 0 Å². The van der Waals surface area contributed by atoms with E-state index in [4.69, 9.17) is 10.5 Å². The maximum atomic E-state index is 11.5. The standard InChI is InChI=1S/C12H19NO3S/c1-8(2)9(3)16-10-6-5-7-11(12(10)13)17(4,14)15/h5-9H,13H2,1-4H3. The van der Waals surface area contributed by atoms with E-state index in [2.05, 4.69) is 0 Å². The molecule has 0 saturated heterocycles. The third-order valence-electron chi connectivity index (χ3n) is 2.68. The monoisotopic (exact) mass is 257 g/mol. The number of para-hydroxylation sites is 1. The van der Waals surface area contributed by atoms with Gasteiger partial charge in [0.15, 0.2) is 9.84 Å². The molecular formula is C12H19NO3S. The van der Waals surface area contributed by atoms with Gasteiger partial charge in [0.1, 0.15) is 5.75 Å². The van der Waals surface area contributed by atoms with E-state index < -0.39 is 9.84 Å². The fraction of sp³-hybridized carbons (Fsp3) is 0.500. The van der Waals surface area contributed by atoms with Crippen LogP contribution in [-0.4, -0.2) is 20.8 Å². The van der Waals surface area contributed by atoms with Crippen LogP contribution in [0.1, 0.15) is 20.8 Å². The number of hydrogen-bond acceptors (Lipinski definition) is 4. The summed E-state index contributed by atoms with van der Waals surface area (Å²) in [5, 5.41) is 0. The molecular weight excluding hydrogens is 238 g/mol. The highest BCUT2D eigenvalue weighted by atomic mass is 32.2. The summed E-state index contributed by atoms with van der Waals surface area (Å²) in [5.41, 5.74) is 6.00. The second-order valence-electron chi connectivity index (χ2n) is 4.51. The van der Waals surface area contributed by atoms with Crippen molar-refractivity contribution in [3.63, 3.8) is 0 Å². The van der Waals surface area contributed by atoms with Gasteiger partial charge in [0.2, 0.25) is 0 Å². The Morgan fingerprint density at radius 2 is 1.82 bits per heavy atom. The molecule has 1 aromatic rings. The fourth-order valence-corrected chi connectivity index (χ4v) is 2.11. The Hall–Kier alpha value is -1.23. The number of anilines is 1. The summed E-state index contributed by atoms with van der Waals surface area (Å²) < 4.78 is 28.6. The number of rotatable bonds is 4. The molecule has 96 valence electrons. The van der Waals surface area contributed by atoms with Gasteiger partial charge >= 0.3 is 0 Å². The highest BCUT2D eigenvalue weighted by molar-refractivity contribution is 7.90. The molecule has 4 nitrogen and oxygen atoms in total. The minimum Gasteiger partial charge on any atom is -0.488 e. The Bertz CT molecular complexity index is 494. The predicted molar refractivity (Wildman–Crippen MR) is 68.9 cm³/mol. The van der Waals surface area contributed by atoms with Gasteiger partial charge < -0.3 is 10.5 Å². The third kappa shape index (κ3) is 3.36. The first kappa shape index (κ1) is 13.8. The van der Waals surface area contributed by atoms with E-state index in [0.717, 1.165) is 6.26 Å². The zero-order valence-electron chi connectivity index (χ0n) is 10.6. The molecule has 0 radical (unpaired) electrons. The largest absolute Gasteiger partial charge is 0.488 e. The lowest BCUT2D eigenvalue weighted by Crippen LogP contribution is -2.19. The lowest BCUT2D eigenvalue weighted by atomic mass is 10.1. The van der Waals surface area contributed by atoms with Crippen molar-refractivity contribution >= 4 is 15.5 Å². The summed E-state index contributed by atoms with van der Waals surface area (Å²) in [6, 6.07) is 4.80. The summed E-state index contributed by atoms with van der Waals surface area (Å²) >= 11 is 0. The van der Waals surface area contributed by atoms with E-state index in [9.17, 15) is 8.42 Å². The molecule has 0 aromatic heterocycles. The molecule has 5 heteroatoms. The van der Waals surface area contributed by atoms with Gasteiger partial charge in [-0.3, -0.25) is 0 Å². The van der Waals surface area contributed by atoms with E-state index in [1.165, 1.54) is 6.07 Å². The summed E-state index contributed by atoms with van der Waals surface area (Å²) in [7, 11) is -3.32.